The zero-order chi connectivity index (χ0) is 11.6. The van der Waals surface area contributed by atoms with Crippen molar-refractivity contribution in [3.63, 3.8) is 0 Å². The number of benzene rings is 1. The Labute approximate surface area is 89.3 Å². The molecule has 3 nitrogen and oxygen atoms in total. The van der Waals surface area contributed by atoms with Gasteiger partial charge in [-0.05, 0) is 37.1 Å². The maximum absolute atomic E-state index is 11.6. The van der Waals surface area contributed by atoms with E-state index in [2.05, 4.69) is 0 Å². The van der Waals surface area contributed by atoms with Crippen LogP contribution in [0.2, 0.25) is 0 Å². The molecule has 1 aromatic rings. The van der Waals surface area contributed by atoms with E-state index in [4.69, 9.17) is 5.73 Å². The van der Waals surface area contributed by atoms with Gasteiger partial charge in [-0.3, -0.25) is 9.59 Å². The van der Waals surface area contributed by atoms with E-state index < -0.39 is 5.91 Å². The van der Waals surface area contributed by atoms with Crippen LogP contribution < -0.4 is 5.73 Å². The Balaban J connectivity index is 3.33. The zero-order valence-electron chi connectivity index (χ0n) is 9.26. The van der Waals surface area contributed by atoms with Crippen LogP contribution >= 0.6 is 0 Å². The summed E-state index contributed by atoms with van der Waals surface area (Å²) >= 11 is 0. The van der Waals surface area contributed by atoms with Crippen LogP contribution in [-0.4, -0.2) is 11.7 Å². The first-order valence-corrected chi connectivity index (χ1v) is 4.91. The lowest BCUT2D eigenvalue weighted by Crippen LogP contribution is -2.13. The van der Waals surface area contributed by atoms with Crippen LogP contribution in [0.4, 0.5) is 0 Å². The van der Waals surface area contributed by atoms with Crippen LogP contribution in [0.1, 0.15) is 45.2 Å². The summed E-state index contributed by atoms with van der Waals surface area (Å²) in [6.07, 6.45) is 0.470. The van der Waals surface area contributed by atoms with Crippen LogP contribution in [0.5, 0.6) is 0 Å². The molecule has 0 fully saturated rings. The number of ketones is 1. The fourth-order valence-electron chi connectivity index (χ4n) is 1.72. The Morgan fingerprint density at radius 3 is 2.00 bits per heavy atom. The van der Waals surface area contributed by atoms with Gasteiger partial charge in [-0.25, -0.2) is 0 Å². The third-order valence-electron chi connectivity index (χ3n) is 2.42. The Hall–Kier alpha value is -1.64. The molecule has 3 heteroatoms. The number of hydrogen-bond acceptors (Lipinski definition) is 2. The third kappa shape index (κ3) is 2.24. The zero-order valence-corrected chi connectivity index (χ0v) is 9.26. The number of rotatable bonds is 3. The van der Waals surface area contributed by atoms with E-state index in [1.165, 1.54) is 0 Å². The van der Waals surface area contributed by atoms with Gasteiger partial charge in [0, 0.05) is 17.5 Å². The van der Waals surface area contributed by atoms with E-state index in [0.717, 1.165) is 11.1 Å². The van der Waals surface area contributed by atoms with Crippen LogP contribution in [0.3, 0.4) is 0 Å². The molecule has 0 bridgehead atoms. The number of primary amides is 1. The van der Waals surface area contributed by atoms with Gasteiger partial charge in [-0.15, -0.1) is 0 Å². The first-order valence-electron chi connectivity index (χ1n) is 4.91. The SMILES string of the molecule is CCC(=O)c1c(C)cc(C(N)=O)cc1C. The smallest absolute Gasteiger partial charge is 0.248 e. The predicted octanol–water partition coefficient (Wildman–Crippen LogP) is 2.00. The highest BCUT2D eigenvalue weighted by Crippen LogP contribution is 2.18. The van der Waals surface area contributed by atoms with Gasteiger partial charge in [0.15, 0.2) is 5.78 Å². The van der Waals surface area contributed by atoms with Gasteiger partial charge in [-0.2, -0.15) is 0 Å². The summed E-state index contributed by atoms with van der Waals surface area (Å²) in [7, 11) is 0. The lowest BCUT2D eigenvalue weighted by atomic mass is 9.95. The number of Topliss-reactive ketones (excluding diaryl/α,β-unsaturated/α-hetero) is 1. The Kier molecular flexibility index (Phi) is 3.24. The van der Waals surface area contributed by atoms with Gasteiger partial charge in [-0.1, -0.05) is 6.92 Å². The molecular formula is C12H15NO2. The maximum Gasteiger partial charge on any atom is 0.248 e. The van der Waals surface area contributed by atoms with Gasteiger partial charge in [0.2, 0.25) is 5.91 Å². The van der Waals surface area contributed by atoms with Crippen LogP contribution in [0.15, 0.2) is 12.1 Å². The summed E-state index contributed by atoms with van der Waals surface area (Å²) in [6, 6.07) is 3.33. The van der Waals surface area contributed by atoms with Crippen molar-refractivity contribution < 1.29 is 9.59 Å². The number of carbonyl (C=O) groups excluding carboxylic acids is 2. The Morgan fingerprint density at radius 1 is 1.20 bits per heavy atom. The van der Waals surface area contributed by atoms with Crippen molar-refractivity contribution >= 4 is 11.7 Å². The lowest BCUT2D eigenvalue weighted by Gasteiger charge is -2.09. The van der Waals surface area contributed by atoms with Crippen LogP contribution in [0, 0.1) is 13.8 Å². The highest BCUT2D eigenvalue weighted by molar-refractivity contribution is 6.01. The van der Waals surface area contributed by atoms with Crippen molar-refractivity contribution in [3.8, 4) is 0 Å². The molecule has 0 saturated carbocycles. The van der Waals surface area contributed by atoms with Crippen LogP contribution in [-0.2, 0) is 0 Å². The topological polar surface area (TPSA) is 60.2 Å². The summed E-state index contributed by atoms with van der Waals surface area (Å²) in [5.41, 5.74) is 7.98. The average Bonchev–Trinajstić information content (AvgIpc) is 2.16. The molecule has 0 radical (unpaired) electrons. The molecule has 80 valence electrons. The van der Waals surface area contributed by atoms with E-state index >= 15 is 0 Å². The molecule has 0 saturated heterocycles. The summed E-state index contributed by atoms with van der Waals surface area (Å²) in [4.78, 5) is 22.6. The molecule has 2 N–H and O–H groups in total. The molecule has 0 aliphatic carbocycles. The average molecular weight is 205 g/mol. The second-order valence-electron chi connectivity index (χ2n) is 3.63. The molecule has 0 aliphatic rings. The molecule has 0 aliphatic heterocycles. The number of nitrogens with two attached hydrogens (primary N) is 1. The summed E-state index contributed by atoms with van der Waals surface area (Å²) in [6.45, 7) is 5.47. The Bertz CT molecular complexity index is 399. The summed E-state index contributed by atoms with van der Waals surface area (Å²) < 4.78 is 0. The van der Waals surface area contributed by atoms with Gasteiger partial charge >= 0.3 is 0 Å². The fraction of sp³-hybridized carbons (Fsp3) is 0.333. The minimum absolute atomic E-state index is 0.0982. The summed E-state index contributed by atoms with van der Waals surface area (Å²) in [5.74, 6) is -0.363. The summed E-state index contributed by atoms with van der Waals surface area (Å²) in [5, 5.41) is 0. The van der Waals surface area contributed by atoms with E-state index in [0.29, 0.717) is 17.5 Å². The largest absolute Gasteiger partial charge is 0.366 e. The van der Waals surface area contributed by atoms with E-state index in [1.807, 2.05) is 20.8 Å². The molecule has 1 amide bonds. The third-order valence-corrected chi connectivity index (χ3v) is 2.42. The molecule has 0 unspecified atom stereocenters. The molecule has 0 spiro atoms. The van der Waals surface area contributed by atoms with E-state index in [-0.39, 0.29) is 5.78 Å². The molecule has 0 atom stereocenters. The van der Waals surface area contributed by atoms with Crippen molar-refractivity contribution in [3.05, 3.63) is 34.4 Å². The highest BCUT2D eigenvalue weighted by atomic mass is 16.1. The standard InChI is InChI=1S/C12H15NO2/c1-4-10(14)11-7(2)5-9(12(13)15)6-8(11)3/h5-6H,4H2,1-3H3,(H2,13,15). The molecule has 0 heterocycles. The monoisotopic (exact) mass is 205 g/mol. The molecule has 1 aromatic carbocycles. The Morgan fingerprint density at radius 2 is 1.67 bits per heavy atom. The van der Waals surface area contributed by atoms with Crippen molar-refractivity contribution in [2.24, 2.45) is 5.73 Å². The van der Waals surface area contributed by atoms with Crippen molar-refractivity contribution in [2.45, 2.75) is 27.2 Å². The predicted molar refractivity (Wildman–Crippen MR) is 59.1 cm³/mol. The lowest BCUT2D eigenvalue weighted by molar-refractivity contribution is 0.0979. The minimum atomic E-state index is -0.461. The second-order valence-corrected chi connectivity index (χ2v) is 3.63. The fourth-order valence-corrected chi connectivity index (χ4v) is 1.72. The van der Waals surface area contributed by atoms with Crippen molar-refractivity contribution in [1.29, 1.82) is 0 Å². The van der Waals surface area contributed by atoms with E-state index in [9.17, 15) is 9.59 Å². The second kappa shape index (κ2) is 4.26. The molecule has 0 aromatic heterocycles. The number of carbonyl (C=O) groups is 2. The molecule has 1 rings (SSSR count). The van der Waals surface area contributed by atoms with Gasteiger partial charge in [0.1, 0.15) is 0 Å². The van der Waals surface area contributed by atoms with E-state index in [1.54, 1.807) is 12.1 Å². The normalized spacial score (nSPS) is 10.1. The minimum Gasteiger partial charge on any atom is -0.366 e. The number of aryl methyl sites for hydroxylation is 2. The first kappa shape index (κ1) is 11.4. The van der Waals surface area contributed by atoms with Crippen LogP contribution in [0.25, 0.3) is 0 Å². The van der Waals surface area contributed by atoms with Gasteiger partial charge < -0.3 is 5.73 Å². The van der Waals surface area contributed by atoms with Crippen molar-refractivity contribution in [2.75, 3.05) is 0 Å². The maximum atomic E-state index is 11.6. The molecular weight excluding hydrogens is 190 g/mol. The number of amides is 1. The highest BCUT2D eigenvalue weighted by Gasteiger charge is 2.13. The van der Waals surface area contributed by atoms with Gasteiger partial charge in [0.05, 0.1) is 0 Å². The van der Waals surface area contributed by atoms with Gasteiger partial charge in [0.25, 0.3) is 0 Å². The van der Waals surface area contributed by atoms with Crippen molar-refractivity contribution in [1.82, 2.24) is 0 Å². The quantitative estimate of drug-likeness (QED) is 0.767. The first-order chi connectivity index (χ1) is 6.97. The number of hydrogen-bond donors (Lipinski definition) is 1. The molecule has 15 heavy (non-hydrogen) atoms.